The quantitative estimate of drug-likeness (QED) is 0.185. The number of unbranched alkanes of at least 4 members (excludes halogenated alkanes) is 1. The van der Waals surface area contributed by atoms with Crippen molar-refractivity contribution in [2.45, 2.75) is 25.3 Å². The first-order chi connectivity index (χ1) is 18.7. The Labute approximate surface area is 226 Å². The highest BCUT2D eigenvalue weighted by molar-refractivity contribution is 6.31. The van der Waals surface area contributed by atoms with Gasteiger partial charge in [0.05, 0.1) is 28.8 Å². The maximum absolute atomic E-state index is 9.17. The first-order valence-corrected chi connectivity index (χ1v) is 12.8. The van der Waals surface area contributed by atoms with E-state index in [1.165, 1.54) is 0 Å². The van der Waals surface area contributed by atoms with Crippen molar-refractivity contribution in [1.82, 2.24) is 9.55 Å². The molecule has 0 saturated carbocycles. The van der Waals surface area contributed by atoms with Gasteiger partial charge in [-0.2, -0.15) is 10.5 Å². The summed E-state index contributed by atoms with van der Waals surface area (Å²) in [4.78, 5) is 4.72. The fourth-order valence-corrected chi connectivity index (χ4v) is 4.93. The summed E-state index contributed by atoms with van der Waals surface area (Å²) >= 11 is 6.15. The fraction of sp³-hybridized carbons (Fsp3) is 0.156. The molecule has 2 aromatic heterocycles. The number of ether oxygens (including phenoxy) is 1. The molecule has 6 heteroatoms. The van der Waals surface area contributed by atoms with Crippen LogP contribution >= 0.6 is 11.6 Å². The molecule has 0 aliphatic heterocycles. The Morgan fingerprint density at radius 1 is 0.921 bits per heavy atom. The van der Waals surface area contributed by atoms with Crippen LogP contribution in [-0.2, 0) is 0 Å². The maximum Gasteiger partial charge on any atom is 0.174 e. The van der Waals surface area contributed by atoms with Crippen LogP contribution in [0.4, 0.5) is 0 Å². The Morgan fingerprint density at radius 3 is 2.66 bits per heavy atom. The summed E-state index contributed by atoms with van der Waals surface area (Å²) in [6.45, 7) is -0.0152. The van der Waals surface area contributed by atoms with Gasteiger partial charge in [0.15, 0.2) is 6.61 Å². The number of nitriles is 2. The first kappa shape index (κ1) is 25.1. The molecule has 5 aromatic rings. The maximum atomic E-state index is 9.17. The van der Waals surface area contributed by atoms with E-state index in [0.29, 0.717) is 17.2 Å². The molecule has 186 valence electrons. The molecule has 5 nitrogen and oxygen atoms in total. The molecule has 1 unspecified atom stereocenters. The number of para-hydroxylation sites is 1. The summed E-state index contributed by atoms with van der Waals surface area (Å²) in [6, 6.07) is 30.4. The first-order valence-electron chi connectivity index (χ1n) is 12.5. The summed E-state index contributed by atoms with van der Waals surface area (Å²) in [7, 11) is 0. The second-order valence-corrected chi connectivity index (χ2v) is 9.44. The standard InChI is InChI=1S/C32H25ClN4O/c33-27-13-11-24-12-15-28(36-29(24)22-27)14-10-23-5-3-7-26(21-23)30(8-1-2-17-34)37-19-16-25-6-4-9-31(32(25)37)38-20-18-35/h3-7,9-16,19,21-22,30H,1-2,8,20H2. The van der Waals surface area contributed by atoms with Crippen LogP contribution in [0, 0.1) is 22.7 Å². The summed E-state index contributed by atoms with van der Waals surface area (Å²) in [5.41, 5.74) is 4.85. The van der Waals surface area contributed by atoms with Crippen LogP contribution in [0.3, 0.4) is 0 Å². The average molecular weight is 517 g/mol. The zero-order valence-electron chi connectivity index (χ0n) is 20.7. The molecule has 0 amide bonds. The van der Waals surface area contributed by atoms with E-state index in [1.807, 2.05) is 54.6 Å². The van der Waals surface area contributed by atoms with Gasteiger partial charge in [0.2, 0.25) is 0 Å². The number of hydrogen-bond donors (Lipinski definition) is 0. The van der Waals surface area contributed by atoms with E-state index in [4.69, 9.17) is 31.8 Å². The van der Waals surface area contributed by atoms with Gasteiger partial charge in [-0.1, -0.05) is 60.1 Å². The van der Waals surface area contributed by atoms with Crippen molar-refractivity contribution in [3.8, 4) is 17.9 Å². The van der Waals surface area contributed by atoms with Gasteiger partial charge in [-0.05, 0) is 66.4 Å². The minimum Gasteiger partial charge on any atom is -0.477 e. The van der Waals surface area contributed by atoms with Gasteiger partial charge in [-0.15, -0.1) is 0 Å². The molecule has 0 bridgehead atoms. The predicted octanol–water partition coefficient (Wildman–Crippen LogP) is 8.20. The third kappa shape index (κ3) is 5.54. The van der Waals surface area contributed by atoms with Crippen molar-refractivity contribution in [2.75, 3.05) is 6.61 Å². The van der Waals surface area contributed by atoms with Gasteiger partial charge in [0, 0.05) is 28.4 Å². The monoisotopic (exact) mass is 516 g/mol. The lowest BCUT2D eigenvalue weighted by Gasteiger charge is -2.22. The molecule has 0 radical (unpaired) electrons. The largest absolute Gasteiger partial charge is 0.477 e. The number of fused-ring (bicyclic) bond motifs is 2. The third-order valence-electron chi connectivity index (χ3n) is 6.51. The van der Waals surface area contributed by atoms with Crippen LogP contribution in [0.5, 0.6) is 5.75 Å². The van der Waals surface area contributed by atoms with E-state index < -0.39 is 0 Å². The highest BCUT2D eigenvalue weighted by Crippen LogP contribution is 2.34. The number of aromatic nitrogens is 2. The molecule has 0 saturated heterocycles. The lowest BCUT2D eigenvalue weighted by molar-refractivity contribution is 0.369. The fourth-order valence-electron chi connectivity index (χ4n) is 4.76. The number of benzene rings is 3. The van der Waals surface area contributed by atoms with E-state index in [1.54, 1.807) is 0 Å². The predicted molar refractivity (Wildman–Crippen MR) is 153 cm³/mol. The van der Waals surface area contributed by atoms with Crippen molar-refractivity contribution < 1.29 is 4.74 Å². The molecule has 0 spiro atoms. The number of pyridine rings is 1. The molecule has 0 fully saturated rings. The Morgan fingerprint density at radius 2 is 1.79 bits per heavy atom. The van der Waals surface area contributed by atoms with Gasteiger partial charge in [0.1, 0.15) is 11.8 Å². The Kier molecular flexibility index (Phi) is 7.69. The van der Waals surface area contributed by atoms with Gasteiger partial charge in [-0.25, -0.2) is 4.98 Å². The summed E-state index contributed by atoms with van der Waals surface area (Å²) in [5, 5.41) is 21.0. The molecule has 0 N–H and O–H groups in total. The zero-order chi connectivity index (χ0) is 26.3. The van der Waals surface area contributed by atoms with Crippen LogP contribution in [0.25, 0.3) is 34.0 Å². The van der Waals surface area contributed by atoms with Crippen LogP contribution in [0.1, 0.15) is 42.1 Å². The second kappa shape index (κ2) is 11.6. The van der Waals surface area contributed by atoms with Crippen molar-refractivity contribution in [3.63, 3.8) is 0 Å². The molecule has 0 aliphatic carbocycles. The van der Waals surface area contributed by atoms with E-state index in [9.17, 15) is 0 Å². The van der Waals surface area contributed by atoms with E-state index in [0.717, 1.165) is 51.5 Å². The highest BCUT2D eigenvalue weighted by Gasteiger charge is 2.18. The molecule has 5 rings (SSSR count). The van der Waals surface area contributed by atoms with E-state index in [-0.39, 0.29) is 12.6 Å². The topological polar surface area (TPSA) is 74.6 Å². The van der Waals surface area contributed by atoms with Gasteiger partial charge in [0.25, 0.3) is 0 Å². The minimum atomic E-state index is -0.0152. The molecule has 2 heterocycles. The van der Waals surface area contributed by atoms with Crippen LogP contribution < -0.4 is 4.74 Å². The van der Waals surface area contributed by atoms with Gasteiger partial charge >= 0.3 is 0 Å². The van der Waals surface area contributed by atoms with Crippen LogP contribution in [0.2, 0.25) is 5.02 Å². The van der Waals surface area contributed by atoms with Crippen molar-refractivity contribution in [3.05, 3.63) is 107 Å². The van der Waals surface area contributed by atoms with Crippen molar-refractivity contribution >= 4 is 45.6 Å². The molecular formula is C32H25ClN4O. The number of halogens is 1. The van der Waals surface area contributed by atoms with Crippen molar-refractivity contribution in [1.29, 1.82) is 10.5 Å². The van der Waals surface area contributed by atoms with E-state index >= 15 is 0 Å². The molecular weight excluding hydrogens is 492 g/mol. The highest BCUT2D eigenvalue weighted by atomic mass is 35.5. The average Bonchev–Trinajstić information content (AvgIpc) is 3.37. The Balaban J connectivity index is 1.49. The summed E-state index contributed by atoms with van der Waals surface area (Å²) in [5.74, 6) is 0.679. The SMILES string of the molecule is N#CCCCC(c1cccc(C=Cc2ccc3ccc(Cl)cc3n2)c1)n1ccc2cccc(OCC#N)c21. The number of rotatable bonds is 9. The smallest absolute Gasteiger partial charge is 0.174 e. The van der Waals surface area contributed by atoms with Gasteiger partial charge in [-0.3, -0.25) is 0 Å². The lowest BCUT2D eigenvalue weighted by atomic mass is 9.98. The minimum absolute atomic E-state index is 0.00183. The van der Waals surface area contributed by atoms with Crippen molar-refractivity contribution in [2.24, 2.45) is 0 Å². The summed E-state index contributed by atoms with van der Waals surface area (Å²) in [6.07, 6.45) is 8.18. The van der Waals surface area contributed by atoms with Crippen LogP contribution in [-0.4, -0.2) is 16.2 Å². The molecule has 3 aromatic carbocycles. The summed E-state index contributed by atoms with van der Waals surface area (Å²) < 4.78 is 7.97. The normalized spacial score (nSPS) is 12.0. The third-order valence-corrected chi connectivity index (χ3v) is 6.75. The van der Waals surface area contributed by atoms with Crippen LogP contribution in [0.15, 0.2) is 85.1 Å². The number of hydrogen-bond acceptors (Lipinski definition) is 4. The Bertz CT molecular complexity index is 1710. The van der Waals surface area contributed by atoms with E-state index in [2.05, 4.69) is 59.3 Å². The Hall–Kier alpha value is -4.58. The van der Waals surface area contributed by atoms with Gasteiger partial charge < -0.3 is 9.30 Å². The molecule has 38 heavy (non-hydrogen) atoms. The zero-order valence-corrected chi connectivity index (χ0v) is 21.5. The molecule has 0 aliphatic rings. The second-order valence-electron chi connectivity index (χ2n) is 9.01. The number of nitrogens with zero attached hydrogens (tertiary/aromatic N) is 4. The molecule has 1 atom stereocenters. The lowest BCUT2D eigenvalue weighted by Crippen LogP contribution is -2.11.